The van der Waals surface area contributed by atoms with Crippen molar-refractivity contribution in [1.29, 1.82) is 0 Å². The van der Waals surface area contributed by atoms with Crippen molar-refractivity contribution in [3.05, 3.63) is 52.1 Å². The van der Waals surface area contributed by atoms with E-state index in [2.05, 4.69) is 4.98 Å². The maximum Gasteiger partial charge on any atom is 0.420 e. The van der Waals surface area contributed by atoms with Gasteiger partial charge in [0, 0.05) is 17.0 Å². The minimum atomic E-state index is -4.89. The molecule has 0 saturated carbocycles. The van der Waals surface area contributed by atoms with Crippen LogP contribution in [-0.2, 0) is 4.74 Å². The standard InChI is InChI=1S/C19H17F3N2O4S/c1-18(2,3)28-17(27)24-8-11(10-6-4-5-7-13(10)24)14(25)16-23-12(9-29-16)15(26)19(20,21)22/h4-9,15,26H,1-3H3. The van der Waals surface area contributed by atoms with Crippen LogP contribution in [-0.4, -0.2) is 38.3 Å². The lowest BCUT2D eigenvalue weighted by Crippen LogP contribution is -2.26. The molecular weight excluding hydrogens is 409 g/mol. The summed E-state index contributed by atoms with van der Waals surface area (Å²) in [6, 6.07) is 6.58. The topological polar surface area (TPSA) is 81.4 Å². The predicted molar refractivity (Wildman–Crippen MR) is 100 cm³/mol. The highest BCUT2D eigenvalue weighted by Crippen LogP contribution is 2.34. The number of ketones is 1. The van der Waals surface area contributed by atoms with E-state index in [0.29, 0.717) is 22.2 Å². The maximum atomic E-state index is 12.9. The first kappa shape index (κ1) is 21.0. The summed E-state index contributed by atoms with van der Waals surface area (Å²) < 4.78 is 44.6. The smallest absolute Gasteiger partial charge is 0.420 e. The number of rotatable bonds is 3. The quantitative estimate of drug-likeness (QED) is 0.614. The minimum Gasteiger partial charge on any atom is -0.443 e. The summed E-state index contributed by atoms with van der Waals surface area (Å²) in [5, 5.41) is 10.5. The molecule has 0 aliphatic heterocycles. The zero-order chi connectivity index (χ0) is 21.6. The van der Waals surface area contributed by atoms with Crippen molar-refractivity contribution in [1.82, 2.24) is 9.55 Å². The summed E-state index contributed by atoms with van der Waals surface area (Å²) in [5.74, 6) is -0.658. The SMILES string of the molecule is CC(C)(C)OC(=O)n1cc(C(=O)c2nc(C(O)C(F)(F)F)cs2)c2ccccc21. The molecule has 0 radical (unpaired) electrons. The highest BCUT2D eigenvalue weighted by atomic mass is 32.1. The number of fused-ring (bicyclic) bond motifs is 1. The van der Waals surface area contributed by atoms with Crippen LogP contribution in [0.15, 0.2) is 35.8 Å². The first-order valence-electron chi connectivity index (χ1n) is 8.47. The van der Waals surface area contributed by atoms with Crippen LogP contribution >= 0.6 is 11.3 Å². The van der Waals surface area contributed by atoms with E-state index in [1.165, 1.54) is 10.8 Å². The summed E-state index contributed by atoms with van der Waals surface area (Å²) in [5.41, 5.74) is -0.905. The summed E-state index contributed by atoms with van der Waals surface area (Å²) in [6.45, 7) is 5.10. The Morgan fingerprint density at radius 2 is 1.86 bits per heavy atom. The number of alkyl halides is 3. The Kier molecular flexibility index (Phi) is 5.26. The van der Waals surface area contributed by atoms with E-state index in [9.17, 15) is 27.9 Å². The second-order valence-electron chi connectivity index (χ2n) is 7.26. The molecule has 0 amide bonds. The van der Waals surface area contributed by atoms with Gasteiger partial charge in [-0.15, -0.1) is 11.3 Å². The van der Waals surface area contributed by atoms with Crippen molar-refractivity contribution in [2.75, 3.05) is 0 Å². The molecule has 0 aliphatic rings. The van der Waals surface area contributed by atoms with Crippen LogP contribution < -0.4 is 0 Å². The number of hydrogen-bond acceptors (Lipinski definition) is 6. The maximum absolute atomic E-state index is 12.9. The second kappa shape index (κ2) is 7.27. The fourth-order valence-electron chi connectivity index (χ4n) is 2.62. The summed E-state index contributed by atoms with van der Waals surface area (Å²) in [6.07, 6.45) is -7.08. The zero-order valence-electron chi connectivity index (χ0n) is 15.6. The van der Waals surface area contributed by atoms with Gasteiger partial charge in [-0.2, -0.15) is 13.2 Å². The molecule has 1 atom stereocenters. The van der Waals surface area contributed by atoms with Gasteiger partial charge >= 0.3 is 12.3 Å². The molecule has 0 fully saturated rings. The van der Waals surface area contributed by atoms with E-state index in [1.807, 2.05) is 0 Å². The monoisotopic (exact) mass is 426 g/mol. The molecule has 154 valence electrons. The summed E-state index contributed by atoms with van der Waals surface area (Å²) in [4.78, 5) is 29.0. The fourth-order valence-corrected chi connectivity index (χ4v) is 3.41. The molecule has 3 aromatic rings. The average Bonchev–Trinajstić information content (AvgIpc) is 3.23. The van der Waals surface area contributed by atoms with Gasteiger partial charge in [0.1, 0.15) is 5.60 Å². The number of thiazole rings is 1. The second-order valence-corrected chi connectivity index (χ2v) is 8.12. The number of ether oxygens (including phenoxy) is 1. The molecule has 1 unspecified atom stereocenters. The zero-order valence-corrected chi connectivity index (χ0v) is 16.5. The lowest BCUT2D eigenvalue weighted by atomic mass is 10.1. The van der Waals surface area contributed by atoms with Gasteiger partial charge in [-0.1, -0.05) is 18.2 Å². The van der Waals surface area contributed by atoms with Gasteiger partial charge in [0.05, 0.1) is 16.8 Å². The number of benzene rings is 1. The van der Waals surface area contributed by atoms with E-state index >= 15 is 0 Å². The predicted octanol–water partition coefficient (Wildman–Crippen LogP) is 4.71. The van der Waals surface area contributed by atoms with Gasteiger partial charge in [-0.25, -0.2) is 9.78 Å². The third-order valence-electron chi connectivity index (χ3n) is 3.85. The van der Waals surface area contributed by atoms with Crippen molar-refractivity contribution in [3.8, 4) is 0 Å². The van der Waals surface area contributed by atoms with Gasteiger partial charge in [0.2, 0.25) is 5.78 Å². The van der Waals surface area contributed by atoms with Crippen molar-refractivity contribution in [2.24, 2.45) is 0 Å². The largest absolute Gasteiger partial charge is 0.443 e. The third-order valence-corrected chi connectivity index (χ3v) is 4.71. The van der Waals surface area contributed by atoms with Crippen LogP contribution in [0.25, 0.3) is 10.9 Å². The normalized spacial score (nSPS) is 13.5. The molecule has 6 nitrogen and oxygen atoms in total. The van der Waals surface area contributed by atoms with Crippen LogP contribution in [0.2, 0.25) is 0 Å². The first-order valence-corrected chi connectivity index (χ1v) is 9.35. The number of aliphatic hydroxyl groups is 1. The number of para-hydroxylation sites is 1. The Morgan fingerprint density at radius 3 is 2.48 bits per heavy atom. The van der Waals surface area contributed by atoms with E-state index in [4.69, 9.17) is 4.74 Å². The van der Waals surface area contributed by atoms with E-state index in [0.717, 1.165) is 5.38 Å². The minimum absolute atomic E-state index is 0.0915. The number of nitrogens with zero attached hydrogens (tertiary/aromatic N) is 2. The third kappa shape index (κ3) is 4.33. The van der Waals surface area contributed by atoms with Crippen LogP contribution in [0.5, 0.6) is 0 Å². The number of aliphatic hydroxyl groups excluding tert-OH is 1. The number of carbonyl (C=O) groups excluding carboxylic acids is 2. The Bertz CT molecular complexity index is 1080. The van der Waals surface area contributed by atoms with Crippen LogP contribution in [0.1, 0.15) is 47.9 Å². The van der Waals surface area contributed by atoms with Gasteiger partial charge in [-0.3, -0.25) is 9.36 Å². The number of halogens is 3. The molecule has 0 saturated heterocycles. The summed E-state index contributed by atoms with van der Waals surface area (Å²) >= 11 is 0.687. The highest BCUT2D eigenvalue weighted by molar-refractivity contribution is 7.12. The molecule has 0 bridgehead atoms. The van der Waals surface area contributed by atoms with Gasteiger partial charge in [-0.05, 0) is 26.8 Å². The molecule has 2 heterocycles. The lowest BCUT2D eigenvalue weighted by molar-refractivity contribution is -0.207. The number of carbonyl (C=O) groups is 2. The Hall–Kier alpha value is -2.72. The molecule has 29 heavy (non-hydrogen) atoms. The Morgan fingerprint density at radius 1 is 1.21 bits per heavy atom. The Balaban J connectivity index is 2.01. The van der Waals surface area contributed by atoms with Gasteiger partial charge < -0.3 is 9.84 Å². The molecule has 1 aromatic carbocycles. The number of aromatic nitrogens is 2. The first-order chi connectivity index (χ1) is 13.4. The molecule has 0 spiro atoms. The molecule has 3 rings (SSSR count). The molecule has 0 aliphatic carbocycles. The molecule has 2 aromatic heterocycles. The molecule has 10 heteroatoms. The summed E-state index contributed by atoms with van der Waals surface area (Å²) in [7, 11) is 0. The molecule has 1 N–H and O–H groups in total. The fraction of sp³-hybridized carbons (Fsp3) is 0.316. The van der Waals surface area contributed by atoms with E-state index in [-0.39, 0.29) is 10.6 Å². The Labute approximate surface area is 167 Å². The average molecular weight is 426 g/mol. The van der Waals surface area contributed by atoms with Gasteiger partial charge in [0.15, 0.2) is 11.1 Å². The van der Waals surface area contributed by atoms with E-state index < -0.39 is 35.5 Å². The van der Waals surface area contributed by atoms with Crippen molar-refractivity contribution < 1.29 is 32.6 Å². The van der Waals surface area contributed by atoms with Crippen LogP contribution in [0.4, 0.5) is 18.0 Å². The van der Waals surface area contributed by atoms with Crippen molar-refractivity contribution >= 4 is 34.1 Å². The van der Waals surface area contributed by atoms with Crippen molar-refractivity contribution in [3.63, 3.8) is 0 Å². The van der Waals surface area contributed by atoms with Crippen LogP contribution in [0.3, 0.4) is 0 Å². The number of hydrogen-bond donors (Lipinski definition) is 1. The van der Waals surface area contributed by atoms with Gasteiger partial charge in [0.25, 0.3) is 0 Å². The lowest BCUT2D eigenvalue weighted by Gasteiger charge is -2.19. The van der Waals surface area contributed by atoms with E-state index in [1.54, 1.807) is 45.0 Å². The highest BCUT2D eigenvalue weighted by Gasteiger charge is 2.41. The molecular formula is C19H17F3N2O4S. The van der Waals surface area contributed by atoms with Crippen molar-refractivity contribution in [2.45, 2.75) is 38.7 Å². The van der Waals surface area contributed by atoms with Crippen LogP contribution in [0, 0.1) is 0 Å².